The number of rotatable bonds is 5. The number of H-pyrrole nitrogens is 1. The molecule has 3 rings (SSSR count). The van der Waals surface area contributed by atoms with Gasteiger partial charge in [-0.15, -0.1) is 0 Å². The van der Waals surface area contributed by atoms with Gasteiger partial charge in [0.25, 0.3) is 5.91 Å². The lowest BCUT2D eigenvalue weighted by molar-refractivity contribution is 0.0926. The lowest BCUT2D eigenvalue weighted by Gasteiger charge is -2.21. The number of aromatic nitrogens is 2. The first-order valence-electron chi connectivity index (χ1n) is 7.59. The van der Waals surface area contributed by atoms with Gasteiger partial charge in [0, 0.05) is 25.6 Å². The summed E-state index contributed by atoms with van der Waals surface area (Å²) in [6.45, 7) is 0.628. The fraction of sp³-hybridized carbons (Fsp3) is 0.467. The van der Waals surface area contributed by atoms with Crippen molar-refractivity contribution in [2.24, 2.45) is 5.92 Å². The van der Waals surface area contributed by atoms with Gasteiger partial charge < -0.3 is 15.0 Å². The SMILES string of the molecule is CN(C)S(=O)(=O)C[C@@H]1COC[C@@H]1NC(=O)c1ccc2nc[nH]c2c1. The number of sulfonamides is 1. The number of carbonyl (C=O) groups is 1. The molecule has 0 bridgehead atoms. The van der Waals surface area contributed by atoms with Crippen LogP contribution >= 0.6 is 0 Å². The molecule has 1 aromatic heterocycles. The molecule has 0 saturated carbocycles. The molecule has 0 unspecified atom stereocenters. The van der Waals surface area contributed by atoms with E-state index >= 15 is 0 Å². The highest BCUT2D eigenvalue weighted by Gasteiger charge is 2.34. The lowest BCUT2D eigenvalue weighted by Crippen LogP contribution is -2.43. The highest BCUT2D eigenvalue weighted by atomic mass is 32.2. The number of aromatic amines is 1. The van der Waals surface area contributed by atoms with E-state index in [-0.39, 0.29) is 23.6 Å². The molecule has 1 aliphatic rings. The van der Waals surface area contributed by atoms with E-state index in [9.17, 15) is 13.2 Å². The van der Waals surface area contributed by atoms with Gasteiger partial charge in [-0.3, -0.25) is 4.79 Å². The van der Waals surface area contributed by atoms with Crippen LogP contribution in [0.1, 0.15) is 10.4 Å². The molecule has 2 aromatic rings. The minimum Gasteiger partial charge on any atom is -0.379 e. The third-order valence-corrected chi connectivity index (χ3v) is 6.14. The van der Waals surface area contributed by atoms with E-state index in [1.807, 2.05) is 0 Å². The lowest BCUT2D eigenvalue weighted by atomic mass is 10.1. The number of hydrogen-bond acceptors (Lipinski definition) is 5. The number of nitrogens with zero attached hydrogens (tertiary/aromatic N) is 2. The molecule has 0 aliphatic carbocycles. The minimum atomic E-state index is -3.35. The number of carbonyl (C=O) groups excluding carboxylic acids is 1. The second-order valence-corrected chi connectivity index (χ2v) is 8.30. The van der Waals surface area contributed by atoms with Gasteiger partial charge in [-0.1, -0.05) is 0 Å². The number of fused-ring (bicyclic) bond motifs is 1. The Bertz CT molecular complexity index is 846. The molecular formula is C15H20N4O4S. The maximum Gasteiger partial charge on any atom is 0.251 e. The van der Waals surface area contributed by atoms with Crippen LogP contribution in [0.3, 0.4) is 0 Å². The van der Waals surface area contributed by atoms with Gasteiger partial charge in [-0.25, -0.2) is 17.7 Å². The number of imidazole rings is 1. The van der Waals surface area contributed by atoms with E-state index in [0.717, 1.165) is 11.0 Å². The Labute approximate surface area is 140 Å². The van der Waals surface area contributed by atoms with E-state index in [2.05, 4.69) is 15.3 Å². The van der Waals surface area contributed by atoms with E-state index in [1.54, 1.807) is 24.5 Å². The summed E-state index contributed by atoms with van der Waals surface area (Å²) in [5.41, 5.74) is 2.05. The Hall–Kier alpha value is -1.97. The molecule has 1 saturated heterocycles. The van der Waals surface area contributed by atoms with Gasteiger partial charge in [0.15, 0.2) is 0 Å². The Balaban J connectivity index is 1.70. The Morgan fingerprint density at radius 3 is 2.96 bits per heavy atom. The molecule has 1 aliphatic heterocycles. The van der Waals surface area contributed by atoms with Gasteiger partial charge in [0.05, 0.1) is 42.4 Å². The van der Waals surface area contributed by atoms with E-state index in [1.165, 1.54) is 18.4 Å². The van der Waals surface area contributed by atoms with Crippen LogP contribution in [-0.2, 0) is 14.8 Å². The van der Waals surface area contributed by atoms with Crippen LogP contribution in [0.25, 0.3) is 11.0 Å². The molecule has 130 valence electrons. The average molecular weight is 352 g/mol. The summed E-state index contributed by atoms with van der Waals surface area (Å²) in [4.78, 5) is 19.5. The van der Waals surface area contributed by atoms with Crippen molar-refractivity contribution in [3.8, 4) is 0 Å². The van der Waals surface area contributed by atoms with Crippen LogP contribution in [-0.4, -0.2) is 67.7 Å². The van der Waals surface area contributed by atoms with E-state index < -0.39 is 10.0 Å². The Kier molecular flexibility index (Phi) is 4.57. The monoisotopic (exact) mass is 352 g/mol. The molecule has 9 heteroatoms. The summed E-state index contributed by atoms with van der Waals surface area (Å²) in [6.07, 6.45) is 1.57. The first-order chi connectivity index (χ1) is 11.4. The fourth-order valence-corrected chi connectivity index (χ4v) is 3.84. The summed E-state index contributed by atoms with van der Waals surface area (Å²) in [5, 5.41) is 2.88. The van der Waals surface area contributed by atoms with Crippen molar-refractivity contribution in [1.82, 2.24) is 19.6 Å². The second-order valence-electron chi connectivity index (χ2n) is 6.07. The van der Waals surface area contributed by atoms with Crippen LogP contribution in [0.15, 0.2) is 24.5 Å². The molecule has 8 nitrogen and oxygen atoms in total. The highest BCUT2D eigenvalue weighted by molar-refractivity contribution is 7.89. The zero-order chi connectivity index (χ0) is 17.3. The summed E-state index contributed by atoms with van der Waals surface area (Å²) >= 11 is 0. The van der Waals surface area contributed by atoms with Crippen LogP contribution in [0.2, 0.25) is 0 Å². The number of benzene rings is 1. The molecule has 1 amide bonds. The van der Waals surface area contributed by atoms with E-state index in [4.69, 9.17) is 4.74 Å². The van der Waals surface area contributed by atoms with Crippen molar-refractivity contribution in [3.63, 3.8) is 0 Å². The van der Waals surface area contributed by atoms with Gasteiger partial charge in [-0.05, 0) is 18.2 Å². The number of hydrogen-bond donors (Lipinski definition) is 2. The van der Waals surface area contributed by atoms with Crippen LogP contribution in [0.5, 0.6) is 0 Å². The molecule has 1 aromatic carbocycles. The molecule has 0 spiro atoms. The normalized spacial score (nSPS) is 21.5. The smallest absolute Gasteiger partial charge is 0.251 e. The zero-order valence-corrected chi connectivity index (χ0v) is 14.3. The van der Waals surface area contributed by atoms with Crippen molar-refractivity contribution in [2.75, 3.05) is 33.1 Å². The number of ether oxygens (including phenoxy) is 1. The largest absolute Gasteiger partial charge is 0.379 e. The standard InChI is InChI=1S/C15H20N4O4S/c1-19(2)24(21,22)8-11-6-23-7-14(11)18-15(20)10-3-4-12-13(5-10)17-9-16-12/h3-5,9,11,14H,6-8H2,1-2H3,(H,16,17)(H,18,20)/t11-,14-/m0/s1. The predicted octanol–water partition coefficient (Wildman–Crippen LogP) is 0.199. The zero-order valence-electron chi connectivity index (χ0n) is 13.5. The molecule has 2 atom stereocenters. The van der Waals surface area contributed by atoms with Crippen LogP contribution in [0, 0.1) is 5.92 Å². The molecule has 24 heavy (non-hydrogen) atoms. The van der Waals surface area contributed by atoms with E-state index in [0.29, 0.717) is 18.8 Å². The van der Waals surface area contributed by atoms with Crippen LogP contribution < -0.4 is 5.32 Å². The molecular weight excluding hydrogens is 332 g/mol. The van der Waals surface area contributed by atoms with Crippen molar-refractivity contribution in [1.29, 1.82) is 0 Å². The van der Waals surface area contributed by atoms with Crippen molar-refractivity contribution >= 4 is 27.0 Å². The molecule has 0 radical (unpaired) electrons. The maximum atomic E-state index is 12.5. The first-order valence-corrected chi connectivity index (χ1v) is 9.19. The summed E-state index contributed by atoms with van der Waals surface area (Å²) in [6, 6.07) is 4.85. The van der Waals surface area contributed by atoms with Crippen molar-refractivity contribution in [3.05, 3.63) is 30.1 Å². The summed E-state index contributed by atoms with van der Waals surface area (Å²) in [7, 11) is -0.351. The number of amides is 1. The Morgan fingerprint density at radius 1 is 1.42 bits per heavy atom. The second kappa shape index (κ2) is 6.50. The van der Waals surface area contributed by atoms with Gasteiger partial charge in [0.1, 0.15) is 0 Å². The van der Waals surface area contributed by atoms with Crippen LogP contribution in [0.4, 0.5) is 0 Å². The third-order valence-electron chi connectivity index (χ3n) is 4.18. The minimum absolute atomic E-state index is 0.0511. The Morgan fingerprint density at radius 2 is 2.21 bits per heavy atom. The van der Waals surface area contributed by atoms with Crippen molar-refractivity contribution in [2.45, 2.75) is 6.04 Å². The fourth-order valence-electron chi connectivity index (χ4n) is 2.67. The summed E-state index contributed by atoms with van der Waals surface area (Å²) < 4.78 is 30.7. The van der Waals surface area contributed by atoms with Gasteiger partial charge in [-0.2, -0.15) is 0 Å². The molecule has 2 N–H and O–H groups in total. The third kappa shape index (κ3) is 3.42. The average Bonchev–Trinajstić information content (AvgIpc) is 3.15. The first kappa shape index (κ1) is 16.9. The molecule has 1 fully saturated rings. The number of nitrogens with one attached hydrogen (secondary N) is 2. The van der Waals surface area contributed by atoms with Gasteiger partial charge >= 0.3 is 0 Å². The van der Waals surface area contributed by atoms with Crippen molar-refractivity contribution < 1.29 is 17.9 Å². The topological polar surface area (TPSA) is 104 Å². The van der Waals surface area contributed by atoms with Gasteiger partial charge in [0.2, 0.25) is 10.0 Å². The highest BCUT2D eigenvalue weighted by Crippen LogP contribution is 2.18. The maximum absolute atomic E-state index is 12.5. The summed E-state index contributed by atoms with van der Waals surface area (Å²) in [5.74, 6) is -0.573. The quantitative estimate of drug-likeness (QED) is 0.800. The predicted molar refractivity (Wildman–Crippen MR) is 89.1 cm³/mol. The molecule has 2 heterocycles.